The number of hydrogen-bond acceptors (Lipinski definition) is 3. The number of hydrogen-bond donors (Lipinski definition) is 0. The van der Waals surface area contributed by atoms with E-state index in [1.54, 1.807) is 0 Å². The van der Waals surface area contributed by atoms with Gasteiger partial charge in [-0.3, -0.25) is 4.79 Å². The molecule has 0 spiro atoms. The normalized spacial score (nSPS) is 37.6. The lowest BCUT2D eigenvalue weighted by atomic mass is 9.75. The Kier molecular flexibility index (Phi) is 2.87. The molecule has 0 aliphatic carbocycles. The first-order valence-corrected chi connectivity index (χ1v) is 6.12. The van der Waals surface area contributed by atoms with Gasteiger partial charge in [0, 0.05) is 18.3 Å². The summed E-state index contributed by atoms with van der Waals surface area (Å²) in [6, 6.07) is 0. The Morgan fingerprint density at radius 2 is 1.94 bits per heavy atom. The summed E-state index contributed by atoms with van der Waals surface area (Å²) in [6.45, 7) is 9.55. The topological polar surface area (TPSA) is 35.5 Å². The summed E-state index contributed by atoms with van der Waals surface area (Å²) in [5.41, 5.74) is -0.337. The van der Waals surface area contributed by atoms with Crippen molar-refractivity contribution >= 4 is 5.78 Å². The minimum absolute atomic E-state index is 0.0329. The third kappa shape index (κ3) is 2.16. The zero-order chi connectivity index (χ0) is 12.0. The highest BCUT2D eigenvalue weighted by molar-refractivity contribution is 5.82. The SMILES string of the molecule is CC1(C)CC(C2COCCC2=O)C(C)(C)O1. The summed E-state index contributed by atoms with van der Waals surface area (Å²) in [5, 5.41) is 0. The third-order valence-corrected chi connectivity index (χ3v) is 3.83. The van der Waals surface area contributed by atoms with Gasteiger partial charge in [-0.25, -0.2) is 0 Å². The maximum atomic E-state index is 11.9. The Morgan fingerprint density at radius 1 is 1.25 bits per heavy atom. The van der Waals surface area contributed by atoms with Crippen molar-refractivity contribution in [2.45, 2.75) is 51.7 Å². The van der Waals surface area contributed by atoms with Crippen molar-refractivity contribution in [3.8, 4) is 0 Å². The van der Waals surface area contributed by atoms with Crippen LogP contribution in [0.2, 0.25) is 0 Å². The Morgan fingerprint density at radius 3 is 2.44 bits per heavy atom. The van der Waals surface area contributed by atoms with Crippen LogP contribution in [0.3, 0.4) is 0 Å². The van der Waals surface area contributed by atoms with E-state index in [1.165, 1.54) is 0 Å². The lowest BCUT2D eigenvalue weighted by Gasteiger charge is -2.33. The van der Waals surface area contributed by atoms with Crippen LogP contribution >= 0.6 is 0 Å². The number of ether oxygens (including phenoxy) is 2. The molecular formula is C13H22O3. The molecule has 3 nitrogen and oxygen atoms in total. The number of rotatable bonds is 1. The van der Waals surface area contributed by atoms with Crippen molar-refractivity contribution in [2.75, 3.05) is 13.2 Å². The van der Waals surface area contributed by atoms with E-state index in [0.29, 0.717) is 25.4 Å². The van der Waals surface area contributed by atoms with Crippen LogP contribution in [0, 0.1) is 11.8 Å². The van der Waals surface area contributed by atoms with Crippen LogP contribution in [-0.2, 0) is 14.3 Å². The maximum Gasteiger partial charge on any atom is 0.140 e. The average Bonchev–Trinajstić information content (AvgIpc) is 2.35. The summed E-state index contributed by atoms with van der Waals surface area (Å²) < 4.78 is 11.5. The second kappa shape index (κ2) is 3.81. The summed E-state index contributed by atoms with van der Waals surface area (Å²) in [4.78, 5) is 11.9. The van der Waals surface area contributed by atoms with E-state index in [4.69, 9.17) is 9.47 Å². The molecule has 3 heteroatoms. The molecule has 0 aromatic carbocycles. The molecule has 0 aromatic rings. The Balaban J connectivity index is 2.17. The molecule has 16 heavy (non-hydrogen) atoms. The smallest absolute Gasteiger partial charge is 0.140 e. The predicted molar refractivity (Wildman–Crippen MR) is 61.3 cm³/mol. The van der Waals surface area contributed by atoms with Gasteiger partial charge in [0.1, 0.15) is 5.78 Å². The molecule has 0 saturated carbocycles. The number of Topliss-reactive ketones (excluding diaryl/α,β-unsaturated/α-hetero) is 1. The van der Waals surface area contributed by atoms with Crippen LogP contribution in [-0.4, -0.2) is 30.2 Å². The van der Waals surface area contributed by atoms with Gasteiger partial charge in [0.05, 0.1) is 24.4 Å². The van der Waals surface area contributed by atoms with Crippen LogP contribution in [0.4, 0.5) is 0 Å². The summed E-state index contributed by atoms with van der Waals surface area (Å²) in [6.07, 6.45) is 1.51. The van der Waals surface area contributed by atoms with Gasteiger partial charge in [0.2, 0.25) is 0 Å². The molecule has 2 unspecified atom stereocenters. The minimum atomic E-state index is -0.218. The molecule has 2 aliphatic rings. The van der Waals surface area contributed by atoms with Crippen molar-refractivity contribution < 1.29 is 14.3 Å². The molecule has 2 fully saturated rings. The highest BCUT2D eigenvalue weighted by atomic mass is 16.5. The third-order valence-electron chi connectivity index (χ3n) is 3.83. The van der Waals surface area contributed by atoms with Gasteiger partial charge in [0.15, 0.2) is 0 Å². The Hall–Kier alpha value is -0.410. The summed E-state index contributed by atoms with van der Waals surface area (Å²) >= 11 is 0. The fraction of sp³-hybridized carbons (Fsp3) is 0.923. The molecule has 2 rings (SSSR count). The van der Waals surface area contributed by atoms with Crippen molar-refractivity contribution in [1.29, 1.82) is 0 Å². The molecule has 0 bridgehead atoms. The van der Waals surface area contributed by atoms with Crippen LogP contribution in [0.5, 0.6) is 0 Å². The molecule has 0 radical (unpaired) electrons. The standard InChI is InChI=1S/C13H22O3/c1-12(2)7-10(13(3,4)16-12)9-8-15-6-5-11(9)14/h9-10H,5-8H2,1-4H3. The van der Waals surface area contributed by atoms with Gasteiger partial charge in [-0.05, 0) is 34.1 Å². The van der Waals surface area contributed by atoms with E-state index in [0.717, 1.165) is 6.42 Å². The van der Waals surface area contributed by atoms with Gasteiger partial charge < -0.3 is 9.47 Å². The first-order chi connectivity index (χ1) is 7.32. The van der Waals surface area contributed by atoms with Crippen molar-refractivity contribution in [3.05, 3.63) is 0 Å². The first-order valence-electron chi connectivity index (χ1n) is 6.12. The molecule has 2 atom stereocenters. The second-order valence-corrected chi connectivity index (χ2v) is 6.17. The van der Waals surface area contributed by atoms with E-state index >= 15 is 0 Å². The van der Waals surface area contributed by atoms with E-state index in [1.807, 2.05) is 0 Å². The van der Waals surface area contributed by atoms with Crippen molar-refractivity contribution in [1.82, 2.24) is 0 Å². The quantitative estimate of drug-likeness (QED) is 0.687. The molecule has 92 valence electrons. The van der Waals surface area contributed by atoms with E-state index in [2.05, 4.69) is 27.7 Å². The number of carbonyl (C=O) groups excluding carboxylic acids is 1. The summed E-state index contributed by atoms with van der Waals surface area (Å²) in [7, 11) is 0. The van der Waals surface area contributed by atoms with Gasteiger partial charge in [0.25, 0.3) is 0 Å². The van der Waals surface area contributed by atoms with Gasteiger partial charge >= 0.3 is 0 Å². The Bertz CT molecular complexity index is 294. The maximum absolute atomic E-state index is 11.9. The fourth-order valence-electron chi connectivity index (χ4n) is 3.23. The average molecular weight is 226 g/mol. The molecule has 0 aromatic heterocycles. The number of ketones is 1. The zero-order valence-electron chi connectivity index (χ0n) is 10.7. The van der Waals surface area contributed by atoms with Crippen molar-refractivity contribution in [3.63, 3.8) is 0 Å². The van der Waals surface area contributed by atoms with E-state index in [9.17, 15) is 4.79 Å². The number of carbonyl (C=O) groups is 1. The van der Waals surface area contributed by atoms with Crippen molar-refractivity contribution in [2.24, 2.45) is 11.8 Å². The van der Waals surface area contributed by atoms with Crippen LogP contribution < -0.4 is 0 Å². The highest BCUT2D eigenvalue weighted by Crippen LogP contribution is 2.46. The molecular weight excluding hydrogens is 204 g/mol. The highest BCUT2D eigenvalue weighted by Gasteiger charge is 2.51. The lowest BCUT2D eigenvalue weighted by Crippen LogP contribution is -2.41. The zero-order valence-corrected chi connectivity index (χ0v) is 10.7. The lowest BCUT2D eigenvalue weighted by molar-refractivity contribution is -0.138. The minimum Gasteiger partial charge on any atom is -0.380 e. The predicted octanol–water partition coefficient (Wildman–Crippen LogP) is 2.19. The Labute approximate surface area is 97.5 Å². The van der Waals surface area contributed by atoms with Gasteiger partial charge in [-0.2, -0.15) is 0 Å². The van der Waals surface area contributed by atoms with Crippen LogP contribution in [0.25, 0.3) is 0 Å². The molecule has 2 aliphatic heterocycles. The molecule has 2 heterocycles. The van der Waals surface area contributed by atoms with Crippen LogP contribution in [0.1, 0.15) is 40.5 Å². The largest absolute Gasteiger partial charge is 0.380 e. The van der Waals surface area contributed by atoms with E-state index < -0.39 is 0 Å². The first kappa shape index (κ1) is 12.1. The monoisotopic (exact) mass is 226 g/mol. The second-order valence-electron chi connectivity index (χ2n) is 6.17. The van der Waals surface area contributed by atoms with Gasteiger partial charge in [-0.15, -0.1) is 0 Å². The van der Waals surface area contributed by atoms with Gasteiger partial charge in [-0.1, -0.05) is 0 Å². The fourth-order valence-corrected chi connectivity index (χ4v) is 3.23. The molecule has 0 N–H and O–H groups in total. The molecule has 0 amide bonds. The van der Waals surface area contributed by atoms with Crippen LogP contribution in [0.15, 0.2) is 0 Å². The molecule has 2 saturated heterocycles. The van der Waals surface area contributed by atoms with E-state index in [-0.39, 0.29) is 23.0 Å². The summed E-state index contributed by atoms with van der Waals surface area (Å²) in [5.74, 6) is 0.673.